The normalized spacial score (nSPS) is 11.3. The quantitative estimate of drug-likeness (QED) is 0.219. The Bertz CT molecular complexity index is 846. The Labute approximate surface area is 151 Å². The third kappa shape index (κ3) is 5.77. The molecule has 2 rings (SSSR count). The second-order valence-electron chi connectivity index (χ2n) is 5.40. The second-order valence-corrected chi connectivity index (χ2v) is 6.82. The lowest BCUT2D eigenvalue weighted by Gasteiger charge is -2.18. The Kier molecular flexibility index (Phi) is 6.63. The van der Waals surface area contributed by atoms with Gasteiger partial charge in [-0.15, -0.1) is 0 Å². The van der Waals surface area contributed by atoms with Gasteiger partial charge in [-0.25, -0.2) is 0 Å². The summed E-state index contributed by atoms with van der Waals surface area (Å²) in [7, 11) is -0.637. The molecule has 0 saturated heterocycles. The Morgan fingerprint density at radius 3 is 2.73 bits per heavy atom. The highest BCUT2D eigenvalue weighted by molar-refractivity contribution is 7.85. The van der Waals surface area contributed by atoms with Crippen molar-refractivity contribution in [3.8, 4) is 0 Å². The molecule has 0 aliphatic heterocycles. The minimum absolute atomic E-state index is 0.0264. The second kappa shape index (κ2) is 8.71. The monoisotopic (exact) mass is 382 g/mol. The maximum Gasteiger partial charge on any atom is 0.294 e. The van der Waals surface area contributed by atoms with Crippen molar-refractivity contribution < 1.29 is 13.0 Å². The van der Waals surface area contributed by atoms with Gasteiger partial charge in [-0.05, 0) is 25.2 Å². The van der Waals surface area contributed by atoms with E-state index in [1.54, 1.807) is 11.0 Å². The lowest BCUT2D eigenvalue weighted by atomic mass is 10.3. The SMILES string of the molecule is CNCNCCN(C)c1nc(N)nc(Nc2cccc(S(=O)(=O)O)c2)n1. The number of hydrogen-bond donors (Lipinski definition) is 5. The standard InChI is InChI=1S/C14H22N8O3S/c1-16-9-17-6-7-22(2)14-20-12(15)19-13(21-14)18-10-4-3-5-11(8-10)26(23,24)25/h3-5,8,16-17H,6-7,9H2,1-2H3,(H,23,24,25)(H3,15,18,19,20,21). The largest absolute Gasteiger partial charge is 0.368 e. The molecule has 0 fully saturated rings. The van der Waals surface area contributed by atoms with E-state index in [1.165, 1.54) is 18.2 Å². The first-order valence-corrected chi connectivity index (χ1v) is 9.16. The van der Waals surface area contributed by atoms with Crippen LogP contribution in [0.3, 0.4) is 0 Å². The first-order chi connectivity index (χ1) is 12.3. The van der Waals surface area contributed by atoms with Crippen LogP contribution in [0.1, 0.15) is 0 Å². The van der Waals surface area contributed by atoms with Crippen LogP contribution in [0, 0.1) is 0 Å². The molecule has 2 aromatic rings. The van der Waals surface area contributed by atoms with Crippen molar-refractivity contribution in [2.45, 2.75) is 4.90 Å². The third-order valence-electron chi connectivity index (χ3n) is 3.30. The van der Waals surface area contributed by atoms with Gasteiger partial charge in [0.05, 0.1) is 4.90 Å². The number of rotatable bonds is 9. The van der Waals surface area contributed by atoms with Gasteiger partial charge >= 0.3 is 0 Å². The zero-order valence-electron chi connectivity index (χ0n) is 14.5. The smallest absolute Gasteiger partial charge is 0.294 e. The first-order valence-electron chi connectivity index (χ1n) is 7.72. The molecule has 26 heavy (non-hydrogen) atoms. The highest BCUT2D eigenvalue weighted by atomic mass is 32.2. The molecule has 0 spiro atoms. The van der Waals surface area contributed by atoms with Gasteiger partial charge in [0.2, 0.25) is 17.8 Å². The van der Waals surface area contributed by atoms with E-state index in [1.807, 2.05) is 14.1 Å². The molecular formula is C14H22N8O3S. The zero-order valence-corrected chi connectivity index (χ0v) is 15.3. The Morgan fingerprint density at radius 2 is 2.04 bits per heavy atom. The van der Waals surface area contributed by atoms with Crippen LogP contribution in [0.25, 0.3) is 0 Å². The van der Waals surface area contributed by atoms with Crippen LogP contribution in [0.2, 0.25) is 0 Å². The van der Waals surface area contributed by atoms with Gasteiger partial charge in [-0.1, -0.05) is 6.07 Å². The molecule has 1 aromatic heterocycles. The van der Waals surface area contributed by atoms with Crippen molar-refractivity contribution in [1.82, 2.24) is 25.6 Å². The van der Waals surface area contributed by atoms with E-state index in [4.69, 9.17) is 10.3 Å². The minimum atomic E-state index is -4.30. The van der Waals surface area contributed by atoms with Crippen LogP contribution in [0.5, 0.6) is 0 Å². The number of nitrogen functional groups attached to an aromatic ring is 1. The van der Waals surface area contributed by atoms with E-state index < -0.39 is 10.1 Å². The summed E-state index contributed by atoms with van der Waals surface area (Å²) < 4.78 is 31.6. The van der Waals surface area contributed by atoms with Crippen LogP contribution in [0.4, 0.5) is 23.5 Å². The van der Waals surface area contributed by atoms with E-state index >= 15 is 0 Å². The van der Waals surface area contributed by atoms with Crippen molar-refractivity contribution in [3.05, 3.63) is 24.3 Å². The van der Waals surface area contributed by atoms with E-state index in [2.05, 4.69) is 30.9 Å². The van der Waals surface area contributed by atoms with Gasteiger partial charge in [0.15, 0.2) is 0 Å². The summed E-state index contributed by atoms with van der Waals surface area (Å²) in [6.07, 6.45) is 0. The number of likely N-dealkylation sites (N-methyl/N-ethyl adjacent to an activating group) is 1. The molecule has 0 atom stereocenters. The number of benzene rings is 1. The number of anilines is 4. The fraction of sp³-hybridized carbons (Fsp3) is 0.357. The van der Waals surface area contributed by atoms with Gasteiger partial charge in [0.25, 0.3) is 10.1 Å². The van der Waals surface area contributed by atoms with Gasteiger partial charge < -0.3 is 26.6 Å². The summed E-state index contributed by atoms with van der Waals surface area (Å²) in [6, 6.07) is 5.64. The lowest BCUT2D eigenvalue weighted by molar-refractivity contribution is 0.483. The first kappa shape index (κ1) is 19.8. The fourth-order valence-corrected chi connectivity index (χ4v) is 2.56. The number of aromatic nitrogens is 3. The molecule has 0 radical (unpaired) electrons. The van der Waals surface area contributed by atoms with E-state index in [0.29, 0.717) is 31.4 Å². The average molecular weight is 382 g/mol. The molecule has 6 N–H and O–H groups in total. The van der Waals surface area contributed by atoms with E-state index in [9.17, 15) is 8.42 Å². The molecule has 0 aliphatic carbocycles. The highest BCUT2D eigenvalue weighted by Gasteiger charge is 2.12. The molecular weight excluding hydrogens is 360 g/mol. The van der Waals surface area contributed by atoms with E-state index in [-0.39, 0.29) is 16.8 Å². The van der Waals surface area contributed by atoms with Crippen molar-refractivity contribution >= 4 is 33.7 Å². The topological polar surface area (TPSA) is 158 Å². The summed E-state index contributed by atoms with van der Waals surface area (Å²) in [5, 5.41) is 9.01. The van der Waals surface area contributed by atoms with Gasteiger partial charge in [-0.3, -0.25) is 4.55 Å². The van der Waals surface area contributed by atoms with Crippen LogP contribution in [-0.4, -0.2) is 61.8 Å². The summed E-state index contributed by atoms with van der Waals surface area (Å²) >= 11 is 0. The molecule has 0 saturated carbocycles. The van der Waals surface area contributed by atoms with Crippen LogP contribution in [0.15, 0.2) is 29.2 Å². The number of nitrogens with zero attached hydrogens (tertiary/aromatic N) is 4. The molecule has 11 nitrogen and oxygen atoms in total. The van der Waals surface area contributed by atoms with Crippen LogP contribution >= 0.6 is 0 Å². The van der Waals surface area contributed by atoms with Gasteiger partial charge in [0, 0.05) is 32.5 Å². The molecule has 1 heterocycles. The maximum absolute atomic E-state index is 11.2. The summed E-state index contributed by atoms with van der Waals surface area (Å²) in [4.78, 5) is 13.9. The van der Waals surface area contributed by atoms with Crippen molar-refractivity contribution in [3.63, 3.8) is 0 Å². The van der Waals surface area contributed by atoms with Crippen molar-refractivity contribution in [2.75, 3.05) is 49.8 Å². The fourth-order valence-electron chi connectivity index (χ4n) is 2.03. The Hall–Kier alpha value is -2.54. The molecule has 0 bridgehead atoms. The predicted molar refractivity (Wildman–Crippen MR) is 99.0 cm³/mol. The number of nitrogens with one attached hydrogen (secondary N) is 3. The zero-order chi connectivity index (χ0) is 19.2. The summed E-state index contributed by atoms with van der Waals surface area (Å²) in [6.45, 7) is 2.04. The van der Waals surface area contributed by atoms with Crippen LogP contribution < -0.4 is 26.6 Å². The Morgan fingerprint density at radius 1 is 1.27 bits per heavy atom. The minimum Gasteiger partial charge on any atom is -0.368 e. The van der Waals surface area contributed by atoms with Crippen molar-refractivity contribution in [2.24, 2.45) is 0 Å². The van der Waals surface area contributed by atoms with Gasteiger partial charge in [-0.2, -0.15) is 23.4 Å². The van der Waals surface area contributed by atoms with Crippen molar-refractivity contribution in [1.29, 1.82) is 0 Å². The maximum atomic E-state index is 11.2. The summed E-state index contributed by atoms with van der Waals surface area (Å²) in [5.74, 6) is 0.561. The number of hydrogen-bond acceptors (Lipinski definition) is 10. The molecule has 0 aliphatic rings. The molecule has 0 amide bonds. The Balaban J connectivity index is 2.14. The van der Waals surface area contributed by atoms with Crippen LogP contribution in [-0.2, 0) is 10.1 Å². The van der Waals surface area contributed by atoms with Gasteiger partial charge in [0.1, 0.15) is 0 Å². The highest BCUT2D eigenvalue weighted by Crippen LogP contribution is 2.19. The molecule has 142 valence electrons. The summed E-state index contributed by atoms with van der Waals surface area (Å²) in [5.41, 5.74) is 6.12. The third-order valence-corrected chi connectivity index (χ3v) is 4.15. The van der Waals surface area contributed by atoms with E-state index in [0.717, 1.165) is 0 Å². The molecule has 1 aromatic carbocycles. The lowest BCUT2D eigenvalue weighted by Crippen LogP contribution is -2.34. The number of nitrogens with two attached hydrogens (primary N) is 1. The predicted octanol–water partition coefficient (Wildman–Crippen LogP) is -0.353. The average Bonchev–Trinajstić information content (AvgIpc) is 2.57. The molecule has 12 heteroatoms. The molecule has 0 unspecified atom stereocenters.